The maximum absolute atomic E-state index is 11.2. The van der Waals surface area contributed by atoms with Crippen LogP contribution in [0, 0.1) is 0 Å². The highest BCUT2D eigenvalue weighted by molar-refractivity contribution is 14.1. The topological polar surface area (TPSA) is 95.9 Å². The maximum atomic E-state index is 11.2. The van der Waals surface area contributed by atoms with Crippen LogP contribution in [0.15, 0.2) is 0 Å². The van der Waals surface area contributed by atoms with Crippen LogP contribution in [0.1, 0.15) is 47.5 Å². The van der Waals surface area contributed by atoms with Crippen molar-refractivity contribution in [2.24, 2.45) is 0 Å². The summed E-state index contributed by atoms with van der Waals surface area (Å²) in [7, 11) is 0. The summed E-state index contributed by atoms with van der Waals surface area (Å²) in [5.74, 6) is -0.226. The first kappa shape index (κ1) is 30.0. The number of esters is 1. The number of nitrogens with zero attached hydrogens (tertiary/aromatic N) is 1. The molecular formula is C22H42INO8. The van der Waals surface area contributed by atoms with Gasteiger partial charge in [-0.05, 0) is 47.5 Å². The molecule has 1 N–H and O–H groups in total. The second-order valence-corrected chi connectivity index (χ2v) is 10.9. The Balaban J connectivity index is 1.86. The molecule has 9 nitrogen and oxygen atoms in total. The number of hydroxylamine groups is 2. The van der Waals surface area contributed by atoms with Gasteiger partial charge in [-0.25, -0.2) is 0 Å². The van der Waals surface area contributed by atoms with Gasteiger partial charge in [0, 0.05) is 11.1 Å². The Bertz CT molecular complexity index is 500. The van der Waals surface area contributed by atoms with Gasteiger partial charge in [0.15, 0.2) is 0 Å². The van der Waals surface area contributed by atoms with Crippen LogP contribution in [0.25, 0.3) is 0 Å². The molecule has 1 aliphatic heterocycles. The molecule has 1 rings (SSSR count). The average Bonchev–Trinajstić information content (AvgIpc) is 2.71. The Morgan fingerprint density at radius 2 is 1.22 bits per heavy atom. The fourth-order valence-electron chi connectivity index (χ4n) is 3.65. The van der Waals surface area contributed by atoms with Crippen molar-refractivity contribution in [1.29, 1.82) is 0 Å². The fourth-order valence-corrected chi connectivity index (χ4v) is 3.83. The van der Waals surface area contributed by atoms with E-state index in [2.05, 4.69) is 0 Å². The molecule has 190 valence electrons. The zero-order chi connectivity index (χ0) is 24.0. The van der Waals surface area contributed by atoms with Crippen LogP contribution < -0.4 is 0 Å². The highest BCUT2D eigenvalue weighted by Crippen LogP contribution is 2.37. The summed E-state index contributed by atoms with van der Waals surface area (Å²) < 4.78 is 32.6. The molecule has 0 aromatic rings. The third-order valence-corrected chi connectivity index (χ3v) is 5.60. The summed E-state index contributed by atoms with van der Waals surface area (Å²) in [5.41, 5.74) is -0.616. The van der Waals surface area contributed by atoms with E-state index in [0.29, 0.717) is 59.5 Å². The van der Waals surface area contributed by atoms with Crippen molar-refractivity contribution in [3.05, 3.63) is 0 Å². The number of hydrogen-bond acceptors (Lipinski definition) is 9. The van der Waals surface area contributed by atoms with Gasteiger partial charge in [0.05, 0.1) is 65.6 Å². The molecule has 10 heteroatoms. The fraction of sp³-hybridized carbons (Fsp3) is 0.955. The van der Waals surface area contributed by atoms with E-state index in [1.165, 1.54) is 5.06 Å². The first-order valence-corrected chi connectivity index (χ1v) is 12.5. The molecule has 1 fully saturated rings. The lowest BCUT2D eigenvalue weighted by Crippen LogP contribution is -2.60. The zero-order valence-electron chi connectivity index (χ0n) is 20.3. The van der Waals surface area contributed by atoms with E-state index in [1.54, 1.807) is 6.92 Å². The molecule has 0 amide bonds. The predicted octanol–water partition coefficient (Wildman–Crippen LogP) is 2.85. The van der Waals surface area contributed by atoms with Gasteiger partial charge in [-0.1, -0.05) is 22.6 Å². The van der Waals surface area contributed by atoms with Crippen molar-refractivity contribution in [3.63, 3.8) is 0 Å². The average molecular weight is 575 g/mol. The normalized spacial score (nSPS) is 19.7. The van der Waals surface area contributed by atoms with E-state index in [4.69, 9.17) is 28.4 Å². The highest BCUT2D eigenvalue weighted by Gasteiger charge is 2.45. The molecule has 0 aromatic carbocycles. The van der Waals surface area contributed by atoms with E-state index in [0.717, 1.165) is 12.8 Å². The van der Waals surface area contributed by atoms with Crippen molar-refractivity contribution < 1.29 is 38.4 Å². The van der Waals surface area contributed by atoms with Crippen molar-refractivity contribution >= 4 is 28.6 Å². The molecule has 0 aromatic heterocycles. The molecule has 0 radical (unpaired) electrons. The molecule has 1 heterocycles. The van der Waals surface area contributed by atoms with Crippen molar-refractivity contribution in [2.75, 3.05) is 66.1 Å². The Morgan fingerprint density at radius 3 is 1.62 bits per heavy atom. The summed E-state index contributed by atoms with van der Waals surface area (Å²) in [4.78, 5) is 11.2. The molecular weight excluding hydrogens is 533 g/mol. The quantitative estimate of drug-likeness (QED) is 0.122. The summed E-state index contributed by atoms with van der Waals surface area (Å²) in [6, 6.07) is 0. The monoisotopic (exact) mass is 575 g/mol. The Morgan fingerprint density at radius 1 is 0.844 bits per heavy atom. The minimum atomic E-state index is -0.308. The van der Waals surface area contributed by atoms with Crippen LogP contribution in [0.2, 0.25) is 0 Å². The molecule has 0 spiro atoms. The Labute approximate surface area is 206 Å². The standard InChI is InChI=1S/C22H42INO8/c1-18(23)20(25)32-15-13-30-11-9-28-7-6-27-8-10-29-12-14-31-19-16-21(2,3)24(26)22(4,5)17-19/h18-19,26H,6-17H2,1-5H3. The maximum Gasteiger partial charge on any atom is 0.318 e. The van der Waals surface area contributed by atoms with Gasteiger partial charge < -0.3 is 33.6 Å². The van der Waals surface area contributed by atoms with Gasteiger partial charge in [0.1, 0.15) is 10.5 Å². The molecule has 0 bridgehead atoms. The van der Waals surface area contributed by atoms with E-state index >= 15 is 0 Å². The number of rotatable bonds is 17. The Hall–Kier alpha value is -0.0800. The minimum absolute atomic E-state index is 0.110. The SMILES string of the molecule is CC(I)C(=O)OCCOCCOCCOCCOCCOC1CC(C)(C)N(O)C(C)(C)C1. The van der Waals surface area contributed by atoms with Gasteiger partial charge in [0.2, 0.25) is 0 Å². The molecule has 32 heavy (non-hydrogen) atoms. The van der Waals surface area contributed by atoms with Crippen LogP contribution in [-0.4, -0.2) is 103 Å². The summed E-state index contributed by atoms with van der Waals surface area (Å²) >= 11 is 2.01. The molecule has 0 aliphatic carbocycles. The predicted molar refractivity (Wildman–Crippen MR) is 128 cm³/mol. The van der Waals surface area contributed by atoms with Crippen LogP contribution in [0.5, 0.6) is 0 Å². The van der Waals surface area contributed by atoms with E-state index in [9.17, 15) is 10.0 Å². The highest BCUT2D eigenvalue weighted by atomic mass is 127. The van der Waals surface area contributed by atoms with E-state index in [1.807, 2.05) is 50.3 Å². The number of alkyl halides is 1. The number of carbonyl (C=O) groups is 1. The second kappa shape index (κ2) is 15.8. The summed E-state index contributed by atoms with van der Waals surface area (Å²) in [6.45, 7) is 14.5. The third kappa shape index (κ3) is 12.4. The molecule has 0 saturated carbocycles. The minimum Gasteiger partial charge on any atom is -0.462 e. The zero-order valence-corrected chi connectivity index (χ0v) is 22.4. The van der Waals surface area contributed by atoms with Gasteiger partial charge in [-0.2, -0.15) is 5.06 Å². The lowest BCUT2D eigenvalue weighted by molar-refractivity contribution is -0.261. The van der Waals surface area contributed by atoms with Crippen LogP contribution in [0.3, 0.4) is 0 Å². The molecule has 1 unspecified atom stereocenters. The number of piperidine rings is 1. The number of hydrogen-bond donors (Lipinski definition) is 1. The van der Waals surface area contributed by atoms with Crippen LogP contribution in [0.4, 0.5) is 0 Å². The van der Waals surface area contributed by atoms with E-state index < -0.39 is 0 Å². The Kier molecular flexibility index (Phi) is 14.7. The molecule has 1 atom stereocenters. The van der Waals surface area contributed by atoms with E-state index in [-0.39, 0.29) is 33.7 Å². The first-order valence-electron chi connectivity index (χ1n) is 11.3. The first-order chi connectivity index (χ1) is 15.1. The summed E-state index contributed by atoms with van der Waals surface area (Å²) in [5, 5.41) is 11.8. The lowest BCUT2D eigenvalue weighted by atomic mass is 9.80. The van der Waals surface area contributed by atoms with Crippen molar-refractivity contribution in [1.82, 2.24) is 5.06 Å². The van der Waals surface area contributed by atoms with Crippen LogP contribution >= 0.6 is 22.6 Å². The number of ether oxygens (including phenoxy) is 6. The van der Waals surface area contributed by atoms with Gasteiger partial charge in [-0.3, -0.25) is 4.79 Å². The lowest BCUT2D eigenvalue weighted by Gasteiger charge is -2.51. The van der Waals surface area contributed by atoms with Crippen molar-refractivity contribution in [3.8, 4) is 0 Å². The second-order valence-electron chi connectivity index (χ2n) is 9.07. The largest absolute Gasteiger partial charge is 0.462 e. The van der Waals surface area contributed by atoms with Crippen molar-refractivity contribution in [2.45, 2.75) is 68.6 Å². The number of halogens is 1. The number of carbonyl (C=O) groups excluding carboxylic acids is 1. The molecule has 1 aliphatic rings. The molecule has 1 saturated heterocycles. The smallest absolute Gasteiger partial charge is 0.318 e. The van der Waals surface area contributed by atoms with Gasteiger partial charge in [0.25, 0.3) is 0 Å². The van der Waals surface area contributed by atoms with Gasteiger partial charge in [-0.15, -0.1) is 0 Å². The van der Waals surface area contributed by atoms with Gasteiger partial charge >= 0.3 is 5.97 Å². The van der Waals surface area contributed by atoms with Crippen LogP contribution in [-0.2, 0) is 33.2 Å². The summed E-state index contributed by atoms with van der Waals surface area (Å²) in [6.07, 6.45) is 1.68. The third-order valence-electron chi connectivity index (χ3n) is 5.10.